The first-order chi connectivity index (χ1) is 15.7. The van der Waals surface area contributed by atoms with Gasteiger partial charge in [0.2, 0.25) is 5.91 Å². The molecule has 1 aromatic heterocycles. The number of ether oxygens (including phenoxy) is 1. The van der Waals surface area contributed by atoms with Crippen LogP contribution in [0.4, 0.5) is 4.79 Å². The first kappa shape index (κ1) is 24.2. The van der Waals surface area contributed by atoms with Crippen LogP contribution in [0.15, 0.2) is 54.9 Å². The third-order valence-electron chi connectivity index (χ3n) is 4.62. The minimum absolute atomic E-state index is 0.310. The molecule has 1 heterocycles. The molecule has 2 N–H and O–H groups in total. The van der Waals surface area contributed by atoms with E-state index in [0.717, 1.165) is 16.8 Å². The predicted octanol–water partition coefficient (Wildman–Crippen LogP) is 3.11. The number of rotatable bonds is 8. The van der Waals surface area contributed by atoms with E-state index in [1.165, 1.54) is 11.0 Å². The highest BCUT2D eigenvalue weighted by molar-refractivity contribution is 6.30. The van der Waals surface area contributed by atoms with Crippen molar-refractivity contribution in [3.05, 3.63) is 71.0 Å². The van der Waals surface area contributed by atoms with Gasteiger partial charge in [0.05, 0.1) is 5.69 Å². The van der Waals surface area contributed by atoms with E-state index in [4.69, 9.17) is 16.3 Å². The van der Waals surface area contributed by atoms with Gasteiger partial charge in [-0.05, 0) is 66.9 Å². The zero-order valence-corrected chi connectivity index (χ0v) is 19.5. The molecule has 10 heteroatoms. The molecule has 9 nitrogen and oxygen atoms in total. The molecule has 0 saturated heterocycles. The van der Waals surface area contributed by atoms with Gasteiger partial charge < -0.3 is 15.4 Å². The summed E-state index contributed by atoms with van der Waals surface area (Å²) in [6, 6.07) is 14.1. The lowest BCUT2D eigenvalue weighted by molar-refractivity contribution is -0.123. The van der Waals surface area contributed by atoms with Crippen molar-refractivity contribution < 1.29 is 14.3 Å². The number of carbonyl (C=O) groups is 2. The Balaban J connectivity index is 1.67. The molecular weight excluding hydrogens is 444 g/mol. The first-order valence-electron chi connectivity index (χ1n) is 10.5. The molecule has 0 saturated carbocycles. The Morgan fingerprint density at radius 2 is 1.91 bits per heavy atom. The summed E-state index contributed by atoms with van der Waals surface area (Å²) in [6.07, 6.45) is 1.67. The monoisotopic (exact) mass is 470 g/mol. The van der Waals surface area contributed by atoms with E-state index in [2.05, 4.69) is 26.2 Å². The van der Waals surface area contributed by atoms with Crippen LogP contribution in [0.2, 0.25) is 5.02 Å². The van der Waals surface area contributed by atoms with Crippen molar-refractivity contribution in [2.45, 2.75) is 45.3 Å². The predicted molar refractivity (Wildman–Crippen MR) is 124 cm³/mol. The third-order valence-corrected chi connectivity index (χ3v) is 4.86. The van der Waals surface area contributed by atoms with Gasteiger partial charge in [-0.1, -0.05) is 41.9 Å². The van der Waals surface area contributed by atoms with Gasteiger partial charge in [0.25, 0.3) is 0 Å². The average molecular weight is 471 g/mol. The minimum Gasteiger partial charge on any atom is -0.444 e. The first-order valence-corrected chi connectivity index (χ1v) is 10.9. The Morgan fingerprint density at radius 1 is 1.15 bits per heavy atom. The van der Waals surface area contributed by atoms with Crippen LogP contribution in [0.1, 0.15) is 31.9 Å². The fraction of sp³-hybridized carbons (Fsp3) is 0.348. The summed E-state index contributed by atoms with van der Waals surface area (Å²) in [5.74, 6) is -0.310. The van der Waals surface area contributed by atoms with E-state index in [-0.39, 0.29) is 5.91 Å². The number of halogens is 1. The quantitative estimate of drug-likeness (QED) is 0.523. The van der Waals surface area contributed by atoms with Crippen molar-refractivity contribution in [1.82, 2.24) is 30.8 Å². The number of aromatic nitrogens is 4. The van der Waals surface area contributed by atoms with Gasteiger partial charge in [0.15, 0.2) is 0 Å². The van der Waals surface area contributed by atoms with Crippen LogP contribution in [0.3, 0.4) is 0 Å². The number of alkyl carbamates (subject to hydrolysis) is 1. The lowest BCUT2D eigenvalue weighted by Gasteiger charge is -2.23. The fourth-order valence-corrected chi connectivity index (χ4v) is 3.40. The standard InChI is InChI=1S/C23H27ClN6O3/c1-23(2,3)33-22(32)27-19(13-16-7-5-4-6-8-16)21(31)25-12-11-17-14-18(24)9-10-20(17)30-15-26-28-29-30/h4-10,14-15,19H,11-13H2,1-3H3,(H,25,31)(H,27,32). The van der Waals surface area contributed by atoms with Gasteiger partial charge in [-0.15, -0.1) is 5.10 Å². The molecule has 3 rings (SSSR count). The molecule has 0 bridgehead atoms. The highest BCUT2D eigenvalue weighted by Gasteiger charge is 2.24. The molecule has 0 spiro atoms. The Bertz CT molecular complexity index is 1070. The Labute approximate surface area is 197 Å². The highest BCUT2D eigenvalue weighted by atomic mass is 35.5. The minimum atomic E-state index is -0.791. The molecule has 1 atom stereocenters. The van der Waals surface area contributed by atoms with Gasteiger partial charge >= 0.3 is 6.09 Å². The summed E-state index contributed by atoms with van der Waals surface area (Å²) in [5.41, 5.74) is 1.89. The Hall–Kier alpha value is -3.46. The second-order valence-electron chi connectivity index (χ2n) is 8.46. The zero-order valence-electron chi connectivity index (χ0n) is 18.8. The van der Waals surface area contributed by atoms with Crippen LogP contribution in [-0.4, -0.2) is 50.4 Å². The molecule has 0 aliphatic carbocycles. The molecule has 174 valence electrons. The molecule has 0 aliphatic heterocycles. The molecule has 3 aromatic rings. The van der Waals surface area contributed by atoms with Crippen molar-refractivity contribution in [2.75, 3.05) is 6.54 Å². The molecule has 2 amide bonds. The maximum Gasteiger partial charge on any atom is 0.408 e. The van der Waals surface area contributed by atoms with E-state index < -0.39 is 17.7 Å². The molecule has 0 aliphatic rings. The van der Waals surface area contributed by atoms with Crippen LogP contribution >= 0.6 is 11.6 Å². The van der Waals surface area contributed by atoms with Crippen molar-refractivity contribution in [2.24, 2.45) is 0 Å². The summed E-state index contributed by atoms with van der Waals surface area (Å²) >= 11 is 6.16. The molecular formula is C23H27ClN6O3. The van der Waals surface area contributed by atoms with Gasteiger partial charge in [-0.3, -0.25) is 4.79 Å². The zero-order chi connectivity index (χ0) is 23.8. The van der Waals surface area contributed by atoms with Gasteiger partial charge in [-0.2, -0.15) is 0 Å². The van der Waals surface area contributed by atoms with Crippen LogP contribution in [0.25, 0.3) is 5.69 Å². The number of amides is 2. The SMILES string of the molecule is CC(C)(C)OC(=O)NC(Cc1ccccc1)C(=O)NCCc1cc(Cl)ccc1-n1cnnn1. The van der Waals surface area contributed by atoms with Crippen LogP contribution < -0.4 is 10.6 Å². The van der Waals surface area contributed by atoms with E-state index in [0.29, 0.717) is 24.4 Å². The maximum absolute atomic E-state index is 13.0. The van der Waals surface area contributed by atoms with Crippen molar-refractivity contribution in [3.8, 4) is 5.69 Å². The largest absolute Gasteiger partial charge is 0.444 e. The summed E-state index contributed by atoms with van der Waals surface area (Å²) in [6.45, 7) is 5.64. The van der Waals surface area contributed by atoms with Crippen LogP contribution in [-0.2, 0) is 22.4 Å². The summed E-state index contributed by atoms with van der Waals surface area (Å²) in [4.78, 5) is 25.3. The normalized spacial score (nSPS) is 12.1. The van der Waals surface area contributed by atoms with E-state index in [1.807, 2.05) is 42.5 Å². The number of carbonyl (C=O) groups excluding carboxylic acids is 2. The van der Waals surface area contributed by atoms with Crippen molar-refractivity contribution in [1.29, 1.82) is 0 Å². The summed E-state index contributed by atoms with van der Waals surface area (Å²) < 4.78 is 6.87. The van der Waals surface area contributed by atoms with Gasteiger partial charge in [0, 0.05) is 18.0 Å². The Kier molecular flexibility index (Phi) is 8.00. The van der Waals surface area contributed by atoms with Crippen LogP contribution in [0, 0.1) is 0 Å². The third kappa shape index (κ3) is 7.57. The second-order valence-corrected chi connectivity index (χ2v) is 8.89. The number of hydrogen-bond donors (Lipinski definition) is 2. The number of nitrogens with one attached hydrogen (secondary N) is 2. The number of hydrogen-bond acceptors (Lipinski definition) is 6. The summed E-state index contributed by atoms with van der Waals surface area (Å²) in [7, 11) is 0. The topological polar surface area (TPSA) is 111 Å². The van der Waals surface area contributed by atoms with E-state index >= 15 is 0 Å². The highest BCUT2D eigenvalue weighted by Crippen LogP contribution is 2.19. The van der Waals surface area contributed by atoms with E-state index in [1.54, 1.807) is 26.8 Å². The number of benzene rings is 2. The van der Waals surface area contributed by atoms with Gasteiger partial charge in [0.1, 0.15) is 18.0 Å². The molecule has 1 unspecified atom stereocenters. The van der Waals surface area contributed by atoms with Crippen LogP contribution in [0.5, 0.6) is 0 Å². The van der Waals surface area contributed by atoms with Gasteiger partial charge in [-0.25, -0.2) is 9.48 Å². The average Bonchev–Trinajstić information content (AvgIpc) is 3.27. The maximum atomic E-state index is 13.0. The fourth-order valence-electron chi connectivity index (χ4n) is 3.20. The molecule has 33 heavy (non-hydrogen) atoms. The lowest BCUT2D eigenvalue weighted by Crippen LogP contribution is -2.49. The number of tetrazole rings is 1. The van der Waals surface area contributed by atoms with E-state index in [9.17, 15) is 9.59 Å². The Morgan fingerprint density at radius 3 is 2.58 bits per heavy atom. The number of nitrogens with zero attached hydrogens (tertiary/aromatic N) is 4. The molecule has 2 aromatic carbocycles. The lowest BCUT2D eigenvalue weighted by atomic mass is 10.0. The van der Waals surface area contributed by atoms with Crippen molar-refractivity contribution >= 4 is 23.6 Å². The van der Waals surface area contributed by atoms with Crippen molar-refractivity contribution in [3.63, 3.8) is 0 Å². The second kappa shape index (κ2) is 10.9. The smallest absolute Gasteiger partial charge is 0.408 e. The molecule has 0 radical (unpaired) electrons. The summed E-state index contributed by atoms with van der Waals surface area (Å²) in [5, 5.41) is 17.4. The molecule has 0 fully saturated rings.